The molecule has 0 bridgehead atoms. The predicted molar refractivity (Wildman–Crippen MR) is 66.4 cm³/mol. The third-order valence-corrected chi connectivity index (χ3v) is 2.92. The van der Waals surface area contributed by atoms with Crippen molar-refractivity contribution in [3.05, 3.63) is 0 Å². The highest BCUT2D eigenvalue weighted by Crippen LogP contribution is 2.18. The van der Waals surface area contributed by atoms with Crippen LogP contribution in [0.5, 0.6) is 0 Å². The fourth-order valence-electron chi connectivity index (χ4n) is 1.76. The molecular weight excluding hydrogens is 224 g/mol. The quantitative estimate of drug-likeness (QED) is 0.717. The summed E-state index contributed by atoms with van der Waals surface area (Å²) in [5.41, 5.74) is -0.247. The van der Waals surface area contributed by atoms with Crippen LogP contribution < -0.4 is 5.32 Å². The van der Waals surface area contributed by atoms with E-state index >= 15 is 0 Å². The molecular formula is C11H20N2O2S. The van der Waals surface area contributed by atoms with Crippen molar-refractivity contribution in [1.29, 1.82) is 0 Å². The van der Waals surface area contributed by atoms with Gasteiger partial charge in [-0.1, -0.05) is 0 Å². The molecule has 0 radical (unpaired) electrons. The predicted octanol–water partition coefficient (Wildman–Crippen LogP) is 0.679. The third-order valence-electron chi connectivity index (χ3n) is 2.40. The Morgan fingerprint density at radius 1 is 1.56 bits per heavy atom. The molecule has 2 amide bonds. The van der Waals surface area contributed by atoms with Gasteiger partial charge in [0, 0.05) is 18.5 Å². The van der Waals surface area contributed by atoms with Gasteiger partial charge in [-0.05, 0) is 32.4 Å². The van der Waals surface area contributed by atoms with Crippen LogP contribution >= 0.6 is 12.6 Å². The summed E-state index contributed by atoms with van der Waals surface area (Å²) in [6.07, 6.45) is 0.520. The summed E-state index contributed by atoms with van der Waals surface area (Å²) in [6.45, 7) is 6.59. The van der Waals surface area contributed by atoms with Gasteiger partial charge in [0.05, 0.1) is 6.54 Å². The van der Waals surface area contributed by atoms with E-state index < -0.39 is 0 Å². The maximum Gasteiger partial charge on any atom is 0.240 e. The maximum absolute atomic E-state index is 11.6. The molecule has 0 aromatic heterocycles. The Bertz CT molecular complexity index is 286. The van der Waals surface area contributed by atoms with Gasteiger partial charge in [0.1, 0.15) is 0 Å². The first-order valence-corrected chi connectivity index (χ1v) is 6.14. The zero-order valence-electron chi connectivity index (χ0n) is 10.1. The summed E-state index contributed by atoms with van der Waals surface area (Å²) in [7, 11) is 0. The number of hydrogen-bond acceptors (Lipinski definition) is 3. The molecule has 1 N–H and O–H groups in total. The van der Waals surface area contributed by atoms with E-state index in [0.717, 1.165) is 0 Å². The number of nitrogens with zero attached hydrogens (tertiary/aromatic N) is 1. The summed E-state index contributed by atoms with van der Waals surface area (Å²) < 4.78 is 0. The van der Waals surface area contributed by atoms with E-state index in [1.165, 1.54) is 0 Å². The molecule has 1 aliphatic rings. The zero-order valence-corrected chi connectivity index (χ0v) is 11.0. The van der Waals surface area contributed by atoms with Gasteiger partial charge in [-0.2, -0.15) is 12.6 Å². The molecule has 0 spiro atoms. The highest BCUT2D eigenvalue weighted by molar-refractivity contribution is 7.80. The van der Waals surface area contributed by atoms with Gasteiger partial charge in [-0.15, -0.1) is 0 Å². The number of rotatable bonds is 3. The number of carbonyl (C=O) groups excluding carboxylic acids is 2. The standard InChI is InChI=1S/C11H20N2O2S/c1-11(2,3)12-9(14)6-13-5-8(7-16)4-10(13)15/h8,16H,4-7H2,1-3H3,(H,12,14). The second-order valence-corrected chi connectivity index (χ2v) is 5.69. The Morgan fingerprint density at radius 3 is 2.62 bits per heavy atom. The van der Waals surface area contributed by atoms with Crippen LogP contribution in [0.3, 0.4) is 0 Å². The molecule has 1 aliphatic heterocycles. The van der Waals surface area contributed by atoms with Crippen LogP contribution in [0, 0.1) is 5.92 Å². The van der Waals surface area contributed by atoms with Crippen LogP contribution in [0.2, 0.25) is 0 Å². The summed E-state index contributed by atoms with van der Waals surface area (Å²) in [6, 6.07) is 0. The molecule has 1 heterocycles. The molecule has 0 aromatic rings. The zero-order chi connectivity index (χ0) is 12.3. The van der Waals surface area contributed by atoms with Gasteiger partial charge in [-0.3, -0.25) is 9.59 Å². The van der Waals surface area contributed by atoms with Crippen molar-refractivity contribution in [2.45, 2.75) is 32.7 Å². The molecule has 92 valence electrons. The van der Waals surface area contributed by atoms with E-state index in [9.17, 15) is 9.59 Å². The molecule has 16 heavy (non-hydrogen) atoms. The summed E-state index contributed by atoms with van der Waals surface area (Å²) in [5.74, 6) is 0.949. The molecule has 1 saturated heterocycles. The second kappa shape index (κ2) is 5.08. The lowest BCUT2D eigenvalue weighted by molar-refractivity contribution is -0.133. The van der Waals surface area contributed by atoms with Gasteiger partial charge in [-0.25, -0.2) is 0 Å². The molecule has 0 aliphatic carbocycles. The van der Waals surface area contributed by atoms with Crippen molar-refractivity contribution in [2.75, 3.05) is 18.8 Å². The Labute approximate surface area is 102 Å². The Hall–Kier alpha value is -0.710. The van der Waals surface area contributed by atoms with Crippen LogP contribution in [0.15, 0.2) is 0 Å². The number of thiol groups is 1. The largest absolute Gasteiger partial charge is 0.350 e. The fourth-order valence-corrected chi connectivity index (χ4v) is 2.00. The van der Waals surface area contributed by atoms with Crippen molar-refractivity contribution < 1.29 is 9.59 Å². The van der Waals surface area contributed by atoms with Gasteiger partial charge in [0.25, 0.3) is 0 Å². The second-order valence-electron chi connectivity index (χ2n) is 5.33. The molecule has 1 unspecified atom stereocenters. The number of hydrogen-bond donors (Lipinski definition) is 2. The van der Waals surface area contributed by atoms with Crippen LogP contribution in [0.1, 0.15) is 27.2 Å². The Balaban J connectivity index is 2.43. The van der Waals surface area contributed by atoms with Crippen LogP contribution in [-0.4, -0.2) is 41.1 Å². The highest BCUT2D eigenvalue weighted by atomic mass is 32.1. The lowest BCUT2D eigenvalue weighted by Crippen LogP contribution is -2.46. The topological polar surface area (TPSA) is 49.4 Å². The van der Waals surface area contributed by atoms with Crippen molar-refractivity contribution in [3.63, 3.8) is 0 Å². The van der Waals surface area contributed by atoms with E-state index in [1.807, 2.05) is 20.8 Å². The average Bonchev–Trinajstić information content (AvgIpc) is 2.44. The van der Waals surface area contributed by atoms with E-state index in [-0.39, 0.29) is 23.9 Å². The molecule has 5 heteroatoms. The summed E-state index contributed by atoms with van der Waals surface area (Å²) in [5, 5.41) is 2.85. The Morgan fingerprint density at radius 2 is 2.19 bits per heavy atom. The van der Waals surface area contributed by atoms with Crippen molar-refractivity contribution in [2.24, 2.45) is 5.92 Å². The van der Waals surface area contributed by atoms with Gasteiger partial charge < -0.3 is 10.2 Å². The minimum absolute atomic E-state index is 0.0584. The van der Waals surface area contributed by atoms with E-state index in [4.69, 9.17) is 0 Å². The maximum atomic E-state index is 11.6. The first-order chi connectivity index (χ1) is 7.31. The van der Waals surface area contributed by atoms with E-state index in [0.29, 0.717) is 24.6 Å². The Kier molecular flexibility index (Phi) is 4.24. The third kappa shape index (κ3) is 4.04. The molecule has 0 saturated carbocycles. The van der Waals surface area contributed by atoms with E-state index in [2.05, 4.69) is 17.9 Å². The minimum atomic E-state index is -0.247. The lowest BCUT2D eigenvalue weighted by Gasteiger charge is -2.23. The van der Waals surface area contributed by atoms with Crippen LogP contribution in [-0.2, 0) is 9.59 Å². The minimum Gasteiger partial charge on any atom is -0.350 e. The van der Waals surface area contributed by atoms with Gasteiger partial charge in [0.15, 0.2) is 0 Å². The SMILES string of the molecule is CC(C)(C)NC(=O)CN1CC(CS)CC1=O. The molecule has 4 nitrogen and oxygen atoms in total. The molecule has 1 fully saturated rings. The van der Waals surface area contributed by atoms with Crippen molar-refractivity contribution in [3.8, 4) is 0 Å². The lowest BCUT2D eigenvalue weighted by atomic mass is 10.1. The number of amides is 2. The van der Waals surface area contributed by atoms with Crippen LogP contribution in [0.25, 0.3) is 0 Å². The van der Waals surface area contributed by atoms with Gasteiger partial charge >= 0.3 is 0 Å². The monoisotopic (exact) mass is 244 g/mol. The molecule has 1 rings (SSSR count). The smallest absolute Gasteiger partial charge is 0.240 e. The molecule has 0 aromatic carbocycles. The number of carbonyl (C=O) groups is 2. The first kappa shape index (κ1) is 13.4. The first-order valence-electron chi connectivity index (χ1n) is 5.51. The highest BCUT2D eigenvalue weighted by Gasteiger charge is 2.30. The number of likely N-dealkylation sites (tertiary alicyclic amines) is 1. The average molecular weight is 244 g/mol. The molecule has 1 atom stereocenters. The summed E-state index contributed by atoms with van der Waals surface area (Å²) in [4.78, 5) is 24.8. The fraction of sp³-hybridized carbons (Fsp3) is 0.818. The van der Waals surface area contributed by atoms with Crippen LogP contribution in [0.4, 0.5) is 0 Å². The number of nitrogens with one attached hydrogen (secondary N) is 1. The van der Waals surface area contributed by atoms with Crippen molar-refractivity contribution in [1.82, 2.24) is 10.2 Å². The van der Waals surface area contributed by atoms with E-state index in [1.54, 1.807) is 4.90 Å². The summed E-state index contributed by atoms with van der Waals surface area (Å²) >= 11 is 4.18. The van der Waals surface area contributed by atoms with Crippen molar-refractivity contribution >= 4 is 24.4 Å². The normalized spacial score (nSPS) is 21.4. The van der Waals surface area contributed by atoms with Gasteiger partial charge in [0.2, 0.25) is 11.8 Å².